The summed E-state index contributed by atoms with van der Waals surface area (Å²) >= 11 is 0. The molecule has 2 heterocycles. The van der Waals surface area contributed by atoms with Gasteiger partial charge >= 0.3 is 0 Å². The van der Waals surface area contributed by atoms with E-state index in [1.807, 2.05) is 54.6 Å². The Morgan fingerprint density at radius 1 is 0.905 bits per heavy atom. The van der Waals surface area contributed by atoms with Crippen LogP contribution in [0, 0.1) is 0 Å². The highest BCUT2D eigenvalue weighted by Crippen LogP contribution is 2.29. The average Bonchev–Trinajstić information content (AvgIpc) is 2.97. The molecule has 0 spiro atoms. The minimum absolute atomic E-state index is 0.372. The molecule has 2 N–H and O–H groups in total. The Morgan fingerprint density at radius 3 is 2.52 bits per heavy atom. The summed E-state index contributed by atoms with van der Waals surface area (Å²) in [6.45, 7) is 0. The van der Waals surface area contributed by atoms with Gasteiger partial charge in [-0.25, -0.2) is 0 Å². The number of nitrogens with two attached hydrogens (primary N) is 1. The summed E-state index contributed by atoms with van der Waals surface area (Å²) < 4.78 is 5.87. The summed E-state index contributed by atoms with van der Waals surface area (Å²) in [5.74, 6) is 0.736. The largest absolute Gasteiger partial charge is 0.459 e. The van der Waals surface area contributed by atoms with Gasteiger partial charge in [0, 0.05) is 17.0 Å². The molecular weight excluding hydrogens is 260 g/mol. The Bertz CT molecular complexity index is 888. The van der Waals surface area contributed by atoms with E-state index in [1.165, 1.54) is 0 Å². The Balaban J connectivity index is 1.87. The third-order valence-electron chi connectivity index (χ3n) is 3.75. The second-order valence-corrected chi connectivity index (χ2v) is 5.08. The molecule has 1 atom stereocenters. The molecule has 0 aliphatic heterocycles. The molecule has 2 aromatic heterocycles. The van der Waals surface area contributed by atoms with E-state index in [0.717, 1.165) is 33.2 Å². The Labute approximate surface area is 122 Å². The molecule has 0 aliphatic rings. The van der Waals surface area contributed by atoms with Crippen LogP contribution in [0.4, 0.5) is 0 Å². The van der Waals surface area contributed by atoms with Gasteiger partial charge in [-0.2, -0.15) is 0 Å². The first-order valence-electron chi connectivity index (χ1n) is 6.90. The Kier molecular flexibility index (Phi) is 2.72. The van der Waals surface area contributed by atoms with Crippen molar-refractivity contribution in [1.82, 2.24) is 4.98 Å². The molecule has 0 bridgehead atoms. The van der Waals surface area contributed by atoms with Gasteiger partial charge in [0.2, 0.25) is 0 Å². The van der Waals surface area contributed by atoms with E-state index < -0.39 is 0 Å². The third kappa shape index (κ3) is 1.99. The highest BCUT2D eigenvalue weighted by atomic mass is 16.3. The van der Waals surface area contributed by atoms with E-state index in [1.54, 1.807) is 6.20 Å². The van der Waals surface area contributed by atoms with Gasteiger partial charge in [0.05, 0.1) is 5.69 Å². The monoisotopic (exact) mass is 274 g/mol. The maximum absolute atomic E-state index is 6.39. The van der Waals surface area contributed by atoms with Gasteiger partial charge in [-0.3, -0.25) is 4.98 Å². The summed E-state index contributed by atoms with van der Waals surface area (Å²) in [6.07, 6.45) is 1.79. The van der Waals surface area contributed by atoms with Gasteiger partial charge in [-0.1, -0.05) is 42.5 Å². The molecule has 3 heteroatoms. The second kappa shape index (κ2) is 4.72. The third-order valence-corrected chi connectivity index (χ3v) is 3.75. The first-order chi connectivity index (χ1) is 10.3. The van der Waals surface area contributed by atoms with Crippen molar-refractivity contribution in [1.29, 1.82) is 0 Å². The molecular formula is C18H14N2O. The van der Waals surface area contributed by atoms with Crippen molar-refractivity contribution in [2.45, 2.75) is 6.04 Å². The molecule has 0 saturated carbocycles. The summed E-state index contributed by atoms with van der Waals surface area (Å²) in [6, 6.07) is 19.6. The average molecular weight is 274 g/mol. The zero-order valence-electron chi connectivity index (χ0n) is 11.4. The number of hydrogen-bond acceptors (Lipinski definition) is 3. The van der Waals surface area contributed by atoms with Crippen molar-refractivity contribution >= 4 is 21.7 Å². The molecule has 0 saturated heterocycles. The molecule has 21 heavy (non-hydrogen) atoms. The fourth-order valence-electron chi connectivity index (χ4n) is 2.68. The number of pyridine rings is 1. The number of rotatable bonds is 2. The molecule has 102 valence electrons. The highest BCUT2D eigenvalue weighted by molar-refractivity contribution is 5.85. The summed E-state index contributed by atoms with van der Waals surface area (Å²) in [4.78, 5) is 4.47. The van der Waals surface area contributed by atoms with Crippen LogP contribution in [0.2, 0.25) is 0 Å². The normalized spacial score (nSPS) is 12.8. The standard InChI is InChI=1S/C18H14N2O/c19-17(16-11-13-6-2-4-8-15(13)21-16)18-14-7-3-1-5-12(14)9-10-20-18/h1-11,17H,19H2. The smallest absolute Gasteiger partial charge is 0.134 e. The predicted octanol–water partition coefficient (Wildman–Crippen LogP) is 4.03. The molecule has 0 radical (unpaired) electrons. The number of para-hydroxylation sites is 1. The lowest BCUT2D eigenvalue weighted by atomic mass is 10.0. The van der Waals surface area contributed by atoms with Crippen molar-refractivity contribution in [3.05, 3.63) is 78.3 Å². The van der Waals surface area contributed by atoms with Crippen LogP contribution in [-0.4, -0.2) is 4.98 Å². The molecule has 3 nitrogen and oxygen atoms in total. The van der Waals surface area contributed by atoms with E-state index in [4.69, 9.17) is 10.2 Å². The molecule has 0 fully saturated rings. The molecule has 0 aliphatic carbocycles. The summed E-state index contributed by atoms with van der Waals surface area (Å²) in [7, 11) is 0. The van der Waals surface area contributed by atoms with Crippen LogP contribution in [0.15, 0.2) is 71.3 Å². The molecule has 4 aromatic rings. The fourth-order valence-corrected chi connectivity index (χ4v) is 2.68. The van der Waals surface area contributed by atoms with E-state index in [0.29, 0.717) is 0 Å². The van der Waals surface area contributed by atoms with Gasteiger partial charge < -0.3 is 10.2 Å². The van der Waals surface area contributed by atoms with Crippen LogP contribution in [0.3, 0.4) is 0 Å². The van der Waals surface area contributed by atoms with E-state index >= 15 is 0 Å². The van der Waals surface area contributed by atoms with Crippen molar-refractivity contribution < 1.29 is 4.42 Å². The zero-order chi connectivity index (χ0) is 14.2. The topological polar surface area (TPSA) is 52.0 Å². The molecule has 0 amide bonds. The van der Waals surface area contributed by atoms with E-state index in [2.05, 4.69) is 11.1 Å². The number of benzene rings is 2. The zero-order valence-corrected chi connectivity index (χ0v) is 11.4. The van der Waals surface area contributed by atoms with Gasteiger partial charge in [0.25, 0.3) is 0 Å². The minimum Gasteiger partial charge on any atom is -0.459 e. The van der Waals surface area contributed by atoms with Crippen LogP contribution in [0.1, 0.15) is 17.5 Å². The first kappa shape index (κ1) is 12.1. The fraction of sp³-hybridized carbons (Fsp3) is 0.0556. The van der Waals surface area contributed by atoms with Crippen LogP contribution in [0.25, 0.3) is 21.7 Å². The number of nitrogens with zero attached hydrogens (tertiary/aromatic N) is 1. The van der Waals surface area contributed by atoms with Crippen molar-refractivity contribution in [2.24, 2.45) is 5.73 Å². The van der Waals surface area contributed by atoms with Crippen molar-refractivity contribution in [2.75, 3.05) is 0 Å². The Hall–Kier alpha value is -2.65. The number of fused-ring (bicyclic) bond motifs is 2. The first-order valence-corrected chi connectivity index (χ1v) is 6.90. The maximum Gasteiger partial charge on any atom is 0.134 e. The van der Waals surface area contributed by atoms with Gasteiger partial charge in [-0.15, -0.1) is 0 Å². The molecule has 4 rings (SSSR count). The van der Waals surface area contributed by atoms with Crippen LogP contribution in [-0.2, 0) is 0 Å². The number of hydrogen-bond donors (Lipinski definition) is 1. The molecule has 1 unspecified atom stereocenters. The van der Waals surface area contributed by atoms with Gasteiger partial charge in [-0.05, 0) is 23.6 Å². The number of aromatic nitrogens is 1. The molecule has 2 aromatic carbocycles. The van der Waals surface area contributed by atoms with E-state index in [-0.39, 0.29) is 6.04 Å². The predicted molar refractivity (Wildman–Crippen MR) is 84.0 cm³/mol. The number of furan rings is 1. The van der Waals surface area contributed by atoms with Crippen molar-refractivity contribution in [3.8, 4) is 0 Å². The Morgan fingerprint density at radius 2 is 1.67 bits per heavy atom. The quantitative estimate of drug-likeness (QED) is 0.600. The second-order valence-electron chi connectivity index (χ2n) is 5.08. The SMILES string of the molecule is NC(c1cc2ccccc2o1)c1nccc2ccccc12. The van der Waals surface area contributed by atoms with Crippen molar-refractivity contribution in [3.63, 3.8) is 0 Å². The summed E-state index contributed by atoms with van der Waals surface area (Å²) in [5, 5.41) is 3.25. The lowest BCUT2D eigenvalue weighted by Gasteiger charge is -2.11. The lowest BCUT2D eigenvalue weighted by Crippen LogP contribution is -2.13. The van der Waals surface area contributed by atoms with Gasteiger partial charge in [0.15, 0.2) is 0 Å². The summed E-state index contributed by atoms with van der Waals surface area (Å²) in [5.41, 5.74) is 8.08. The highest BCUT2D eigenvalue weighted by Gasteiger charge is 2.17. The van der Waals surface area contributed by atoms with Crippen LogP contribution >= 0.6 is 0 Å². The minimum atomic E-state index is -0.372. The van der Waals surface area contributed by atoms with Gasteiger partial charge in [0.1, 0.15) is 17.4 Å². The maximum atomic E-state index is 6.39. The van der Waals surface area contributed by atoms with E-state index in [9.17, 15) is 0 Å². The lowest BCUT2D eigenvalue weighted by molar-refractivity contribution is 0.522. The van der Waals surface area contributed by atoms with Crippen LogP contribution < -0.4 is 5.73 Å². The van der Waals surface area contributed by atoms with Crippen LogP contribution in [0.5, 0.6) is 0 Å².